The molecule has 1 aliphatic carbocycles. The van der Waals surface area contributed by atoms with Gasteiger partial charge < -0.3 is 10.6 Å². The van der Waals surface area contributed by atoms with Gasteiger partial charge >= 0.3 is 0 Å². The Kier molecular flexibility index (Phi) is 2.74. The molecule has 2 atom stereocenters. The van der Waals surface area contributed by atoms with Gasteiger partial charge in [-0.25, -0.2) is 0 Å². The molecule has 106 valence electrons. The number of anilines is 2. The summed E-state index contributed by atoms with van der Waals surface area (Å²) in [7, 11) is 0. The van der Waals surface area contributed by atoms with Crippen molar-refractivity contribution < 1.29 is 4.79 Å². The first kappa shape index (κ1) is 12.5. The first-order valence-corrected chi connectivity index (χ1v) is 7.49. The van der Waals surface area contributed by atoms with Crippen molar-refractivity contribution in [2.75, 3.05) is 17.2 Å². The molecule has 0 spiro atoms. The van der Waals surface area contributed by atoms with Gasteiger partial charge in [0, 0.05) is 12.5 Å². The summed E-state index contributed by atoms with van der Waals surface area (Å²) in [5.41, 5.74) is 10.2. The molecule has 1 amide bonds. The third kappa shape index (κ3) is 2.00. The number of fused-ring (bicyclic) bond motifs is 1. The molecule has 0 saturated heterocycles. The van der Waals surface area contributed by atoms with E-state index in [9.17, 15) is 4.79 Å². The number of carbonyl (C=O) groups excluding carboxylic acids is 1. The van der Waals surface area contributed by atoms with E-state index in [4.69, 9.17) is 5.73 Å². The van der Waals surface area contributed by atoms with Crippen LogP contribution in [0.1, 0.15) is 23.5 Å². The summed E-state index contributed by atoms with van der Waals surface area (Å²) in [4.78, 5) is 14.7. The van der Waals surface area contributed by atoms with Crippen LogP contribution in [-0.2, 0) is 11.2 Å². The minimum atomic E-state index is 0.123. The van der Waals surface area contributed by atoms with Gasteiger partial charge in [0.15, 0.2) is 0 Å². The molecule has 21 heavy (non-hydrogen) atoms. The summed E-state index contributed by atoms with van der Waals surface area (Å²) in [5, 5.41) is 0. The maximum Gasteiger partial charge on any atom is 0.230 e. The standard InChI is InChI=1S/C18H18N2O/c19-16-8-4-7-13-9-10-20(17(13)16)18(21)15-11-14(15)12-5-2-1-3-6-12/h1-8,14-15H,9-11,19H2. The van der Waals surface area contributed by atoms with Crippen LogP contribution in [-0.4, -0.2) is 12.5 Å². The van der Waals surface area contributed by atoms with E-state index in [0.29, 0.717) is 5.92 Å². The molecule has 2 unspecified atom stereocenters. The van der Waals surface area contributed by atoms with Crippen molar-refractivity contribution in [1.82, 2.24) is 0 Å². The normalized spacial score (nSPS) is 23.0. The summed E-state index contributed by atoms with van der Waals surface area (Å²) < 4.78 is 0. The van der Waals surface area contributed by atoms with E-state index in [-0.39, 0.29) is 11.8 Å². The molecule has 3 heteroatoms. The number of hydrogen-bond acceptors (Lipinski definition) is 2. The molecule has 1 aliphatic heterocycles. The molecule has 4 rings (SSSR count). The maximum atomic E-state index is 12.8. The molecule has 2 aromatic carbocycles. The number of carbonyl (C=O) groups is 1. The Hall–Kier alpha value is -2.29. The van der Waals surface area contributed by atoms with E-state index >= 15 is 0 Å². The van der Waals surface area contributed by atoms with Crippen molar-refractivity contribution in [3.05, 3.63) is 59.7 Å². The predicted molar refractivity (Wildman–Crippen MR) is 84.2 cm³/mol. The summed E-state index contributed by atoms with van der Waals surface area (Å²) in [6.45, 7) is 0.764. The molecule has 1 heterocycles. The van der Waals surface area contributed by atoms with Crippen molar-refractivity contribution in [1.29, 1.82) is 0 Å². The van der Waals surface area contributed by atoms with Crippen LogP contribution < -0.4 is 10.6 Å². The summed E-state index contributed by atoms with van der Waals surface area (Å²) in [6, 6.07) is 16.2. The van der Waals surface area contributed by atoms with Crippen LogP contribution in [0.15, 0.2) is 48.5 Å². The highest BCUT2D eigenvalue weighted by Crippen LogP contribution is 2.49. The fourth-order valence-electron chi connectivity index (χ4n) is 3.44. The maximum absolute atomic E-state index is 12.8. The molecule has 1 saturated carbocycles. The highest BCUT2D eigenvalue weighted by atomic mass is 16.2. The number of rotatable bonds is 2. The molecule has 2 aliphatic rings. The zero-order valence-corrected chi connectivity index (χ0v) is 11.8. The second kappa shape index (κ2) is 4.62. The van der Waals surface area contributed by atoms with Crippen LogP contribution >= 0.6 is 0 Å². The van der Waals surface area contributed by atoms with Gasteiger partial charge in [-0.3, -0.25) is 4.79 Å². The molecule has 1 fully saturated rings. The molecule has 0 aromatic heterocycles. The Morgan fingerprint density at radius 1 is 1.10 bits per heavy atom. The molecule has 0 radical (unpaired) electrons. The van der Waals surface area contributed by atoms with E-state index < -0.39 is 0 Å². The van der Waals surface area contributed by atoms with Crippen molar-refractivity contribution >= 4 is 17.3 Å². The number of benzene rings is 2. The molecular weight excluding hydrogens is 260 g/mol. The first-order valence-electron chi connectivity index (χ1n) is 7.49. The number of hydrogen-bond donors (Lipinski definition) is 1. The lowest BCUT2D eigenvalue weighted by molar-refractivity contribution is -0.119. The number of para-hydroxylation sites is 1. The highest BCUT2D eigenvalue weighted by Gasteiger charge is 2.47. The molecular formula is C18H18N2O. The second-order valence-corrected chi connectivity index (χ2v) is 5.95. The van der Waals surface area contributed by atoms with Crippen LogP contribution in [0.4, 0.5) is 11.4 Å². The lowest BCUT2D eigenvalue weighted by atomic mass is 10.1. The van der Waals surface area contributed by atoms with Crippen LogP contribution in [0, 0.1) is 5.92 Å². The second-order valence-electron chi connectivity index (χ2n) is 5.95. The minimum Gasteiger partial charge on any atom is -0.397 e. The fraction of sp³-hybridized carbons (Fsp3) is 0.278. The number of nitrogen functional groups attached to an aromatic ring is 1. The van der Waals surface area contributed by atoms with E-state index in [1.807, 2.05) is 35.2 Å². The molecule has 2 aromatic rings. The topological polar surface area (TPSA) is 46.3 Å². The van der Waals surface area contributed by atoms with Crippen LogP contribution in [0.25, 0.3) is 0 Å². The van der Waals surface area contributed by atoms with Gasteiger partial charge in [-0.1, -0.05) is 42.5 Å². The van der Waals surface area contributed by atoms with Gasteiger partial charge in [0.2, 0.25) is 5.91 Å². The van der Waals surface area contributed by atoms with Gasteiger partial charge in [-0.2, -0.15) is 0 Å². The average molecular weight is 278 g/mol. The van der Waals surface area contributed by atoms with Gasteiger partial charge in [-0.05, 0) is 36.0 Å². The van der Waals surface area contributed by atoms with E-state index in [1.165, 1.54) is 11.1 Å². The van der Waals surface area contributed by atoms with E-state index in [0.717, 1.165) is 30.8 Å². The third-order valence-electron chi connectivity index (χ3n) is 4.63. The lowest BCUT2D eigenvalue weighted by Gasteiger charge is -2.19. The highest BCUT2D eigenvalue weighted by molar-refractivity contribution is 6.01. The number of amides is 1. The zero-order chi connectivity index (χ0) is 14.4. The third-order valence-corrected chi connectivity index (χ3v) is 4.63. The van der Waals surface area contributed by atoms with E-state index in [2.05, 4.69) is 18.2 Å². The van der Waals surface area contributed by atoms with Gasteiger partial charge in [0.25, 0.3) is 0 Å². The Morgan fingerprint density at radius 2 is 1.90 bits per heavy atom. The smallest absolute Gasteiger partial charge is 0.230 e. The van der Waals surface area contributed by atoms with Gasteiger partial charge in [0.1, 0.15) is 0 Å². The van der Waals surface area contributed by atoms with Crippen LogP contribution in [0.2, 0.25) is 0 Å². The number of nitrogens with two attached hydrogens (primary N) is 1. The van der Waals surface area contributed by atoms with Gasteiger partial charge in [-0.15, -0.1) is 0 Å². The summed E-state index contributed by atoms with van der Waals surface area (Å²) in [5.74, 6) is 0.742. The summed E-state index contributed by atoms with van der Waals surface area (Å²) >= 11 is 0. The Labute approximate surface area is 124 Å². The van der Waals surface area contributed by atoms with Crippen LogP contribution in [0.3, 0.4) is 0 Å². The van der Waals surface area contributed by atoms with Crippen LogP contribution in [0.5, 0.6) is 0 Å². The quantitative estimate of drug-likeness (QED) is 0.858. The fourth-order valence-corrected chi connectivity index (χ4v) is 3.44. The first-order chi connectivity index (χ1) is 10.3. The minimum absolute atomic E-state index is 0.123. The largest absolute Gasteiger partial charge is 0.397 e. The Bertz CT molecular complexity index is 696. The SMILES string of the molecule is Nc1cccc2c1N(C(=O)C1CC1c1ccccc1)CC2. The van der Waals surface area contributed by atoms with Crippen molar-refractivity contribution in [3.63, 3.8) is 0 Å². The van der Waals surface area contributed by atoms with Gasteiger partial charge in [0.05, 0.1) is 11.4 Å². The van der Waals surface area contributed by atoms with Crippen molar-refractivity contribution in [2.45, 2.75) is 18.8 Å². The average Bonchev–Trinajstić information content (AvgIpc) is 3.20. The molecule has 2 N–H and O–H groups in total. The monoisotopic (exact) mass is 278 g/mol. The Morgan fingerprint density at radius 3 is 2.71 bits per heavy atom. The molecule has 0 bridgehead atoms. The zero-order valence-electron chi connectivity index (χ0n) is 11.8. The Balaban J connectivity index is 1.57. The lowest BCUT2D eigenvalue weighted by Crippen LogP contribution is -2.31. The van der Waals surface area contributed by atoms with Crippen molar-refractivity contribution in [3.8, 4) is 0 Å². The number of nitrogens with zero attached hydrogens (tertiary/aromatic N) is 1. The predicted octanol–water partition coefficient (Wildman–Crippen LogP) is 2.96. The van der Waals surface area contributed by atoms with Crippen molar-refractivity contribution in [2.24, 2.45) is 5.92 Å². The molecule has 3 nitrogen and oxygen atoms in total. The summed E-state index contributed by atoms with van der Waals surface area (Å²) in [6.07, 6.45) is 1.87. The van der Waals surface area contributed by atoms with E-state index in [1.54, 1.807) is 0 Å².